The summed E-state index contributed by atoms with van der Waals surface area (Å²) in [6.07, 6.45) is -1.09. The van der Waals surface area contributed by atoms with Crippen LogP contribution in [0.5, 0.6) is 5.75 Å². The van der Waals surface area contributed by atoms with Crippen molar-refractivity contribution in [2.24, 2.45) is 5.73 Å². The van der Waals surface area contributed by atoms with Crippen LogP contribution in [0.1, 0.15) is 6.92 Å². The predicted molar refractivity (Wildman–Crippen MR) is 106 cm³/mol. The topological polar surface area (TPSA) is 115 Å². The van der Waals surface area contributed by atoms with Crippen molar-refractivity contribution in [1.82, 2.24) is 14.9 Å². The van der Waals surface area contributed by atoms with E-state index in [2.05, 4.69) is 15.6 Å². The summed E-state index contributed by atoms with van der Waals surface area (Å²) in [4.78, 5) is 29.2. The molecule has 4 N–H and O–H groups in total. The third kappa shape index (κ3) is 3.67. The standard InChI is InChI=1S/C19H22F2N6O3/c1-10(18(22)29)24-11-2-3-12-14(6-11)30-5-4-26-9-15(25-19(12)26)27-13(17(20)21)7-23-8-16(27)28/h2-3,6,9-10,13,17,23-24H,4-5,7-8H2,1H3,(H2,22,29)/t10-,13-/m0/s1. The van der Waals surface area contributed by atoms with E-state index < -0.39 is 30.3 Å². The van der Waals surface area contributed by atoms with Gasteiger partial charge in [0.1, 0.15) is 30.3 Å². The van der Waals surface area contributed by atoms with E-state index in [4.69, 9.17) is 10.5 Å². The maximum Gasteiger partial charge on any atom is 0.260 e. The van der Waals surface area contributed by atoms with E-state index >= 15 is 0 Å². The molecule has 1 fully saturated rings. The van der Waals surface area contributed by atoms with Crippen molar-refractivity contribution in [3.63, 3.8) is 0 Å². The van der Waals surface area contributed by atoms with E-state index in [1.54, 1.807) is 35.9 Å². The molecule has 2 aromatic rings. The fraction of sp³-hybridized carbons (Fsp3) is 0.421. The minimum Gasteiger partial charge on any atom is -0.491 e. The number of anilines is 2. The number of rotatable bonds is 5. The lowest BCUT2D eigenvalue weighted by Crippen LogP contribution is -2.58. The van der Waals surface area contributed by atoms with Gasteiger partial charge < -0.3 is 25.7 Å². The van der Waals surface area contributed by atoms with Crippen LogP contribution in [0.25, 0.3) is 11.4 Å². The number of piperazine rings is 1. The molecule has 1 saturated heterocycles. The molecule has 0 radical (unpaired) electrons. The Hall–Kier alpha value is -3.21. The van der Waals surface area contributed by atoms with Crippen molar-refractivity contribution >= 4 is 23.3 Å². The largest absolute Gasteiger partial charge is 0.491 e. The number of carbonyl (C=O) groups is 2. The minimum atomic E-state index is -2.69. The van der Waals surface area contributed by atoms with Gasteiger partial charge in [0, 0.05) is 24.5 Å². The van der Waals surface area contributed by atoms with Crippen LogP contribution in [-0.2, 0) is 16.1 Å². The molecule has 1 aromatic heterocycles. The van der Waals surface area contributed by atoms with Crippen LogP contribution < -0.4 is 26.0 Å². The molecule has 2 aliphatic rings. The molecule has 1 aromatic carbocycles. The van der Waals surface area contributed by atoms with Gasteiger partial charge in [0.05, 0.1) is 18.7 Å². The number of primary amides is 1. The molecule has 0 spiro atoms. The molecule has 0 aliphatic carbocycles. The Morgan fingerprint density at radius 2 is 2.23 bits per heavy atom. The Bertz CT molecular complexity index is 979. The number of nitrogens with zero attached hydrogens (tertiary/aromatic N) is 3. The molecular weight excluding hydrogens is 398 g/mol. The zero-order valence-electron chi connectivity index (χ0n) is 16.3. The molecule has 160 valence electrons. The van der Waals surface area contributed by atoms with Gasteiger partial charge in [-0.3, -0.25) is 14.5 Å². The maximum absolute atomic E-state index is 13.5. The van der Waals surface area contributed by atoms with Gasteiger partial charge in [0.15, 0.2) is 5.82 Å². The smallest absolute Gasteiger partial charge is 0.260 e. The van der Waals surface area contributed by atoms with E-state index in [0.717, 1.165) is 4.90 Å². The van der Waals surface area contributed by atoms with E-state index in [1.165, 1.54) is 0 Å². The first-order valence-corrected chi connectivity index (χ1v) is 9.56. The molecule has 0 bridgehead atoms. The van der Waals surface area contributed by atoms with Gasteiger partial charge in [-0.15, -0.1) is 0 Å². The molecule has 2 amide bonds. The minimum absolute atomic E-state index is 0.00161. The van der Waals surface area contributed by atoms with Gasteiger partial charge in [0.2, 0.25) is 11.8 Å². The predicted octanol–water partition coefficient (Wildman–Crippen LogP) is 0.798. The van der Waals surface area contributed by atoms with Crippen LogP contribution in [0.3, 0.4) is 0 Å². The molecule has 30 heavy (non-hydrogen) atoms. The van der Waals surface area contributed by atoms with Crippen LogP contribution in [0, 0.1) is 0 Å². The highest BCUT2D eigenvalue weighted by molar-refractivity contribution is 5.95. The van der Waals surface area contributed by atoms with E-state index in [9.17, 15) is 18.4 Å². The SMILES string of the molecule is C[C@H](Nc1ccc2c(c1)OCCn1cc(N3C(=O)CNC[C@H]3C(F)F)nc1-2)C(N)=O. The van der Waals surface area contributed by atoms with Gasteiger partial charge in [-0.05, 0) is 19.1 Å². The summed E-state index contributed by atoms with van der Waals surface area (Å²) in [6, 6.07) is 3.42. The fourth-order valence-corrected chi connectivity index (χ4v) is 3.58. The number of aromatic nitrogens is 2. The summed E-state index contributed by atoms with van der Waals surface area (Å²) in [5.41, 5.74) is 6.60. The highest BCUT2D eigenvalue weighted by atomic mass is 19.3. The molecule has 3 heterocycles. The number of ether oxygens (including phenoxy) is 1. The number of nitrogens with two attached hydrogens (primary N) is 1. The molecule has 0 saturated carbocycles. The van der Waals surface area contributed by atoms with Gasteiger partial charge in [-0.1, -0.05) is 0 Å². The fourth-order valence-electron chi connectivity index (χ4n) is 3.58. The number of carbonyl (C=O) groups excluding carboxylic acids is 2. The average molecular weight is 420 g/mol. The van der Waals surface area contributed by atoms with Crippen LogP contribution in [0.15, 0.2) is 24.4 Å². The van der Waals surface area contributed by atoms with Crippen molar-refractivity contribution in [1.29, 1.82) is 0 Å². The maximum atomic E-state index is 13.5. The van der Waals surface area contributed by atoms with Crippen molar-refractivity contribution in [2.45, 2.75) is 32.0 Å². The monoisotopic (exact) mass is 420 g/mol. The Morgan fingerprint density at radius 1 is 1.43 bits per heavy atom. The number of hydrogen-bond donors (Lipinski definition) is 3. The second-order valence-corrected chi connectivity index (χ2v) is 7.24. The number of amides is 2. The number of benzene rings is 1. The number of alkyl halides is 2. The normalized spacial score (nSPS) is 19.5. The number of nitrogens with one attached hydrogen (secondary N) is 2. The summed E-state index contributed by atoms with van der Waals surface area (Å²) < 4.78 is 34.6. The molecule has 9 nitrogen and oxygen atoms in total. The van der Waals surface area contributed by atoms with Gasteiger partial charge in [-0.25, -0.2) is 13.8 Å². The second-order valence-electron chi connectivity index (χ2n) is 7.24. The van der Waals surface area contributed by atoms with Gasteiger partial charge >= 0.3 is 0 Å². The Labute approximate surface area is 171 Å². The first-order chi connectivity index (χ1) is 14.3. The number of imidazole rings is 1. The number of fused-ring (bicyclic) bond motifs is 3. The molecule has 2 atom stereocenters. The molecule has 0 unspecified atom stereocenters. The second kappa shape index (κ2) is 7.90. The van der Waals surface area contributed by atoms with Crippen LogP contribution in [-0.4, -0.2) is 59.6 Å². The molecule has 11 heteroatoms. The summed E-state index contributed by atoms with van der Waals surface area (Å²) in [5, 5.41) is 5.71. The molecule has 2 aliphatic heterocycles. The third-order valence-corrected chi connectivity index (χ3v) is 5.15. The Kier molecular flexibility index (Phi) is 5.29. The van der Waals surface area contributed by atoms with Crippen molar-refractivity contribution in [2.75, 3.05) is 29.9 Å². The average Bonchev–Trinajstić information content (AvgIpc) is 3.03. The van der Waals surface area contributed by atoms with E-state index in [-0.39, 0.29) is 18.9 Å². The highest BCUT2D eigenvalue weighted by Crippen LogP contribution is 2.36. The highest BCUT2D eigenvalue weighted by Gasteiger charge is 2.37. The van der Waals surface area contributed by atoms with E-state index in [0.29, 0.717) is 36.0 Å². The molecular formula is C19H22F2N6O3. The zero-order valence-corrected chi connectivity index (χ0v) is 16.3. The quantitative estimate of drug-likeness (QED) is 0.659. The lowest BCUT2D eigenvalue weighted by molar-refractivity contribution is -0.120. The van der Waals surface area contributed by atoms with Gasteiger partial charge in [0.25, 0.3) is 6.43 Å². The summed E-state index contributed by atoms with van der Waals surface area (Å²) in [5.74, 6) is 0.312. The number of halogens is 2. The van der Waals surface area contributed by atoms with Crippen LogP contribution >= 0.6 is 0 Å². The summed E-state index contributed by atoms with van der Waals surface area (Å²) in [6.45, 7) is 2.41. The lowest BCUT2D eigenvalue weighted by Gasteiger charge is -2.33. The Balaban J connectivity index is 1.69. The zero-order chi connectivity index (χ0) is 21.4. The third-order valence-electron chi connectivity index (χ3n) is 5.15. The molecule has 4 rings (SSSR count). The van der Waals surface area contributed by atoms with E-state index in [1.807, 2.05) is 0 Å². The van der Waals surface area contributed by atoms with Crippen LogP contribution in [0.2, 0.25) is 0 Å². The van der Waals surface area contributed by atoms with Crippen molar-refractivity contribution in [3.8, 4) is 17.1 Å². The summed E-state index contributed by atoms with van der Waals surface area (Å²) >= 11 is 0. The van der Waals surface area contributed by atoms with Crippen molar-refractivity contribution < 1.29 is 23.1 Å². The Morgan fingerprint density at radius 3 is 2.97 bits per heavy atom. The lowest BCUT2D eigenvalue weighted by atomic mass is 10.1. The summed E-state index contributed by atoms with van der Waals surface area (Å²) in [7, 11) is 0. The first-order valence-electron chi connectivity index (χ1n) is 9.56. The first kappa shape index (κ1) is 20.1. The van der Waals surface area contributed by atoms with Gasteiger partial charge in [-0.2, -0.15) is 0 Å². The number of hydrogen-bond acceptors (Lipinski definition) is 6. The van der Waals surface area contributed by atoms with Crippen LogP contribution in [0.4, 0.5) is 20.3 Å². The van der Waals surface area contributed by atoms with Crippen molar-refractivity contribution in [3.05, 3.63) is 24.4 Å².